The third kappa shape index (κ3) is 5.32. The second-order valence-electron chi connectivity index (χ2n) is 6.73. The van der Waals surface area contributed by atoms with Gasteiger partial charge in [-0.1, -0.05) is 31.8 Å². The number of hydrogen-bond acceptors (Lipinski definition) is 5. The van der Waals surface area contributed by atoms with Gasteiger partial charge in [-0.05, 0) is 19.8 Å². The van der Waals surface area contributed by atoms with Crippen molar-refractivity contribution < 1.29 is 14.1 Å². The average Bonchev–Trinajstić information content (AvgIpc) is 2.89. The number of carbonyl (C=O) groups excluding carboxylic acids is 2. The molecule has 134 valence electrons. The lowest BCUT2D eigenvalue weighted by atomic mass is 10.2. The summed E-state index contributed by atoms with van der Waals surface area (Å²) in [5, 5.41) is 6.70. The minimum Gasteiger partial charge on any atom is -0.345 e. The van der Waals surface area contributed by atoms with E-state index in [4.69, 9.17) is 4.52 Å². The number of amides is 2. The first-order chi connectivity index (χ1) is 11.5. The van der Waals surface area contributed by atoms with Crippen LogP contribution in [0.15, 0.2) is 4.52 Å². The Balaban J connectivity index is 1.76. The highest BCUT2D eigenvalue weighted by Crippen LogP contribution is 2.15. The molecule has 0 saturated carbocycles. The number of likely N-dealkylation sites (tertiary alicyclic amines) is 1. The second-order valence-corrected chi connectivity index (χ2v) is 6.73. The summed E-state index contributed by atoms with van der Waals surface area (Å²) in [6, 6.07) is -0.356. The molecule has 2 heterocycles. The summed E-state index contributed by atoms with van der Waals surface area (Å²) in [6.45, 7) is 7.39. The zero-order valence-corrected chi connectivity index (χ0v) is 14.9. The first kappa shape index (κ1) is 18.4. The van der Waals surface area contributed by atoms with Crippen molar-refractivity contribution in [2.75, 3.05) is 13.1 Å². The third-order valence-corrected chi connectivity index (χ3v) is 4.25. The van der Waals surface area contributed by atoms with Crippen LogP contribution in [0, 0.1) is 0 Å². The van der Waals surface area contributed by atoms with E-state index in [1.165, 1.54) is 12.8 Å². The molecule has 1 atom stereocenters. The maximum Gasteiger partial charge on any atom is 0.248 e. The normalized spacial score (nSPS) is 16.8. The van der Waals surface area contributed by atoms with Gasteiger partial charge < -0.3 is 14.7 Å². The first-order valence-corrected chi connectivity index (χ1v) is 8.88. The van der Waals surface area contributed by atoms with Crippen molar-refractivity contribution >= 4 is 11.8 Å². The molecule has 0 bridgehead atoms. The lowest BCUT2D eigenvalue weighted by Gasteiger charge is -2.20. The largest absolute Gasteiger partial charge is 0.345 e. The predicted octanol–water partition coefficient (Wildman–Crippen LogP) is 2.55. The Morgan fingerprint density at radius 1 is 1.12 bits per heavy atom. The Bertz CT molecular complexity index is 548. The summed E-state index contributed by atoms with van der Waals surface area (Å²) in [4.78, 5) is 30.4. The van der Waals surface area contributed by atoms with Crippen molar-refractivity contribution in [2.45, 2.75) is 71.3 Å². The van der Waals surface area contributed by atoms with Crippen LogP contribution in [0.5, 0.6) is 0 Å². The topological polar surface area (TPSA) is 88.3 Å². The number of hydrogen-bond donors (Lipinski definition) is 1. The summed E-state index contributed by atoms with van der Waals surface area (Å²) in [5.74, 6) is 1.10. The molecule has 0 spiro atoms. The highest BCUT2D eigenvalue weighted by molar-refractivity contribution is 5.83. The van der Waals surface area contributed by atoms with E-state index in [1.807, 2.05) is 18.7 Å². The van der Waals surface area contributed by atoms with Crippen molar-refractivity contribution in [3.8, 4) is 0 Å². The minimum absolute atomic E-state index is 0.0691. The molecular weight excluding hydrogens is 308 g/mol. The molecule has 2 rings (SSSR count). The van der Waals surface area contributed by atoms with Crippen LogP contribution in [0.4, 0.5) is 0 Å². The Morgan fingerprint density at radius 2 is 1.79 bits per heavy atom. The van der Waals surface area contributed by atoms with Gasteiger partial charge in [-0.3, -0.25) is 9.59 Å². The van der Waals surface area contributed by atoms with Crippen molar-refractivity contribution in [3.05, 3.63) is 11.7 Å². The molecule has 0 radical (unpaired) electrons. The highest BCUT2D eigenvalue weighted by Gasteiger charge is 2.20. The lowest BCUT2D eigenvalue weighted by molar-refractivity contribution is -0.133. The average molecular weight is 336 g/mol. The predicted molar refractivity (Wildman–Crippen MR) is 89.2 cm³/mol. The molecule has 1 aliphatic rings. The molecule has 1 aromatic heterocycles. The van der Waals surface area contributed by atoms with Crippen LogP contribution >= 0.6 is 0 Å². The summed E-state index contributed by atoms with van der Waals surface area (Å²) >= 11 is 0. The number of nitrogens with zero attached hydrogens (tertiary/aromatic N) is 3. The van der Waals surface area contributed by atoms with Gasteiger partial charge in [-0.2, -0.15) is 4.98 Å². The van der Waals surface area contributed by atoms with E-state index in [0.29, 0.717) is 11.7 Å². The van der Waals surface area contributed by atoms with E-state index < -0.39 is 0 Å². The van der Waals surface area contributed by atoms with Crippen LogP contribution in [0.1, 0.15) is 83.0 Å². The van der Waals surface area contributed by atoms with Gasteiger partial charge in [0, 0.05) is 31.8 Å². The molecule has 1 aromatic rings. The van der Waals surface area contributed by atoms with E-state index in [0.717, 1.165) is 25.9 Å². The third-order valence-electron chi connectivity index (χ3n) is 4.25. The summed E-state index contributed by atoms with van der Waals surface area (Å²) in [6.07, 6.45) is 4.92. The minimum atomic E-state index is -0.356. The fourth-order valence-electron chi connectivity index (χ4n) is 2.73. The monoisotopic (exact) mass is 336 g/mol. The fourth-order valence-corrected chi connectivity index (χ4v) is 2.73. The van der Waals surface area contributed by atoms with Crippen molar-refractivity contribution in [3.63, 3.8) is 0 Å². The standard InChI is InChI=1S/C17H28N4O3/c1-12(2)16-19-17(24-20-16)13(3)18-14(22)8-9-15(23)21-10-6-4-5-7-11-21/h12-13H,4-11H2,1-3H3,(H,18,22)/t13-/m0/s1. The van der Waals surface area contributed by atoms with Crippen molar-refractivity contribution in [2.24, 2.45) is 0 Å². The highest BCUT2D eigenvalue weighted by atomic mass is 16.5. The zero-order valence-electron chi connectivity index (χ0n) is 14.9. The van der Waals surface area contributed by atoms with Crippen molar-refractivity contribution in [1.29, 1.82) is 0 Å². The number of carbonyl (C=O) groups is 2. The summed E-state index contributed by atoms with van der Waals surface area (Å²) < 4.78 is 5.17. The Morgan fingerprint density at radius 3 is 2.38 bits per heavy atom. The molecule has 2 amide bonds. The van der Waals surface area contributed by atoms with Gasteiger partial charge in [-0.25, -0.2) is 0 Å². The van der Waals surface area contributed by atoms with Crippen LogP contribution in [0.2, 0.25) is 0 Å². The number of aromatic nitrogens is 2. The van der Waals surface area contributed by atoms with E-state index in [2.05, 4.69) is 15.5 Å². The van der Waals surface area contributed by atoms with Gasteiger partial charge >= 0.3 is 0 Å². The van der Waals surface area contributed by atoms with E-state index >= 15 is 0 Å². The second kappa shape index (κ2) is 8.80. The smallest absolute Gasteiger partial charge is 0.248 e. The quantitative estimate of drug-likeness (QED) is 0.862. The molecule has 0 unspecified atom stereocenters. The van der Waals surface area contributed by atoms with E-state index in [-0.39, 0.29) is 36.6 Å². The van der Waals surface area contributed by atoms with Crippen molar-refractivity contribution in [1.82, 2.24) is 20.4 Å². The van der Waals surface area contributed by atoms with Crippen LogP contribution in [0.25, 0.3) is 0 Å². The van der Waals surface area contributed by atoms with Gasteiger partial charge in [0.05, 0.1) is 0 Å². The number of nitrogens with one attached hydrogen (secondary N) is 1. The van der Waals surface area contributed by atoms with Gasteiger partial charge in [0.1, 0.15) is 6.04 Å². The molecule has 1 aliphatic heterocycles. The summed E-state index contributed by atoms with van der Waals surface area (Å²) in [7, 11) is 0. The molecule has 24 heavy (non-hydrogen) atoms. The SMILES string of the molecule is CC(C)c1noc([C@H](C)NC(=O)CCC(=O)N2CCCCCC2)n1. The molecule has 0 aliphatic carbocycles. The maximum atomic E-state index is 12.2. The van der Waals surface area contributed by atoms with Crippen LogP contribution in [-0.2, 0) is 9.59 Å². The van der Waals surface area contributed by atoms with Gasteiger partial charge in [0.25, 0.3) is 0 Å². The van der Waals surface area contributed by atoms with E-state index in [9.17, 15) is 9.59 Å². The van der Waals surface area contributed by atoms with Crippen LogP contribution < -0.4 is 5.32 Å². The Labute approximate surface area is 143 Å². The van der Waals surface area contributed by atoms with E-state index in [1.54, 1.807) is 6.92 Å². The van der Waals surface area contributed by atoms with Crippen LogP contribution in [-0.4, -0.2) is 39.9 Å². The molecule has 0 aromatic carbocycles. The van der Waals surface area contributed by atoms with Crippen LogP contribution in [0.3, 0.4) is 0 Å². The molecular formula is C17H28N4O3. The molecule has 1 saturated heterocycles. The first-order valence-electron chi connectivity index (χ1n) is 8.88. The van der Waals surface area contributed by atoms with Gasteiger partial charge in [0.2, 0.25) is 17.7 Å². The number of rotatable bonds is 6. The summed E-state index contributed by atoms with van der Waals surface area (Å²) in [5.41, 5.74) is 0. The molecule has 1 N–H and O–H groups in total. The molecule has 7 heteroatoms. The van der Waals surface area contributed by atoms with Gasteiger partial charge in [-0.15, -0.1) is 0 Å². The lowest BCUT2D eigenvalue weighted by Crippen LogP contribution is -2.33. The molecule has 7 nitrogen and oxygen atoms in total. The Kier molecular flexibility index (Phi) is 6.75. The fraction of sp³-hybridized carbons (Fsp3) is 0.765. The molecule has 1 fully saturated rings. The maximum absolute atomic E-state index is 12.2. The zero-order chi connectivity index (χ0) is 17.5. The Hall–Kier alpha value is -1.92. The van der Waals surface area contributed by atoms with Gasteiger partial charge in [0.15, 0.2) is 5.82 Å².